The molecular weight excluding hydrogens is 500 g/mol. The zero-order chi connectivity index (χ0) is 26.9. The standard InChI is InChI=1S/C26H24N2O8S/c1-13-23(25(32)36-5)37-26(27-13)28-19(16-10-7-11-17(34-3)22(16)35-4)18(21(30)24(28)31)20(29)14-8-6-9-15(12-14)33-2/h6-12,19,29H,1-5H3/b20-18+/t19-/m0/s1. The number of para-hydroxylation sites is 1. The molecule has 0 spiro atoms. The number of thiazole rings is 1. The highest BCUT2D eigenvalue weighted by Gasteiger charge is 2.49. The van der Waals surface area contributed by atoms with E-state index in [0.717, 1.165) is 16.2 Å². The summed E-state index contributed by atoms with van der Waals surface area (Å²) < 4.78 is 21.1. The fourth-order valence-corrected chi connectivity index (χ4v) is 5.16. The topological polar surface area (TPSA) is 124 Å². The van der Waals surface area contributed by atoms with E-state index in [1.165, 1.54) is 28.4 Å². The van der Waals surface area contributed by atoms with Crippen molar-refractivity contribution in [1.82, 2.24) is 4.98 Å². The van der Waals surface area contributed by atoms with E-state index in [2.05, 4.69) is 4.98 Å². The Kier molecular flexibility index (Phi) is 7.16. The van der Waals surface area contributed by atoms with Gasteiger partial charge in [-0.1, -0.05) is 35.6 Å². The number of rotatable bonds is 7. The number of ether oxygens (including phenoxy) is 4. The molecule has 1 fully saturated rings. The Balaban J connectivity index is 2.01. The second-order valence-electron chi connectivity index (χ2n) is 7.89. The molecule has 0 radical (unpaired) electrons. The van der Waals surface area contributed by atoms with Crippen LogP contribution in [0.25, 0.3) is 5.76 Å². The van der Waals surface area contributed by atoms with Crippen molar-refractivity contribution in [3.63, 3.8) is 0 Å². The number of carbonyl (C=O) groups excluding carboxylic acids is 3. The number of aromatic nitrogens is 1. The zero-order valence-electron chi connectivity index (χ0n) is 20.7. The molecule has 0 aliphatic carbocycles. The number of amides is 1. The molecule has 3 aromatic rings. The highest BCUT2D eigenvalue weighted by atomic mass is 32.1. The van der Waals surface area contributed by atoms with Gasteiger partial charge in [0.15, 0.2) is 16.6 Å². The van der Waals surface area contributed by atoms with Crippen LogP contribution < -0.4 is 19.1 Å². The molecule has 0 saturated carbocycles. The van der Waals surface area contributed by atoms with Crippen LogP contribution in [-0.4, -0.2) is 56.2 Å². The van der Waals surface area contributed by atoms with Crippen molar-refractivity contribution >= 4 is 39.9 Å². The van der Waals surface area contributed by atoms with Crippen LogP contribution in [0.5, 0.6) is 17.2 Å². The predicted molar refractivity (Wildman–Crippen MR) is 136 cm³/mol. The first-order valence-corrected chi connectivity index (χ1v) is 11.8. The lowest BCUT2D eigenvalue weighted by Crippen LogP contribution is -2.29. The van der Waals surface area contributed by atoms with Crippen molar-refractivity contribution in [3.8, 4) is 17.2 Å². The highest BCUT2D eigenvalue weighted by Crippen LogP contribution is 2.48. The Morgan fingerprint density at radius 3 is 2.41 bits per heavy atom. The average molecular weight is 525 g/mol. The molecule has 1 aliphatic rings. The third kappa shape index (κ3) is 4.38. The van der Waals surface area contributed by atoms with Gasteiger partial charge in [-0.25, -0.2) is 9.78 Å². The molecule has 1 N–H and O–H groups in total. The number of anilines is 1. The van der Waals surface area contributed by atoms with Gasteiger partial charge in [-0.3, -0.25) is 14.5 Å². The molecule has 192 valence electrons. The van der Waals surface area contributed by atoms with Crippen LogP contribution in [0.4, 0.5) is 5.13 Å². The Morgan fingerprint density at radius 1 is 1.03 bits per heavy atom. The van der Waals surface area contributed by atoms with Gasteiger partial charge in [0.2, 0.25) is 0 Å². The number of hydrogen-bond donors (Lipinski definition) is 1. The fraction of sp³-hybridized carbons (Fsp3) is 0.231. The maximum Gasteiger partial charge on any atom is 0.350 e. The van der Waals surface area contributed by atoms with Crippen LogP contribution in [-0.2, 0) is 14.3 Å². The molecule has 2 aromatic carbocycles. The summed E-state index contributed by atoms with van der Waals surface area (Å²) in [4.78, 5) is 44.9. The minimum absolute atomic E-state index is 0.0829. The third-order valence-electron chi connectivity index (χ3n) is 5.88. The van der Waals surface area contributed by atoms with Crippen LogP contribution in [0.3, 0.4) is 0 Å². The number of benzene rings is 2. The monoisotopic (exact) mass is 524 g/mol. The van der Waals surface area contributed by atoms with Crippen LogP contribution in [0.15, 0.2) is 48.0 Å². The largest absolute Gasteiger partial charge is 0.507 e. The minimum Gasteiger partial charge on any atom is -0.507 e. The van der Waals surface area contributed by atoms with E-state index in [0.29, 0.717) is 22.8 Å². The van der Waals surface area contributed by atoms with Gasteiger partial charge in [-0.05, 0) is 25.1 Å². The number of aliphatic hydroxyl groups is 1. The summed E-state index contributed by atoms with van der Waals surface area (Å²) in [6.07, 6.45) is 0. The first-order valence-electron chi connectivity index (χ1n) is 11.0. The zero-order valence-corrected chi connectivity index (χ0v) is 21.5. The lowest BCUT2D eigenvalue weighted by Gasteiger charge is -2.25. The molecule has 1 amide bonds. The first-order chi connectivity index (χ1) is 17.8. The molecule has 10 nitrogen and oxygen atoms in total. The molecule has 1 aliphatic heterocycles. The second kappa shape index (κ2) is 10.3. The molecule has 4 rings (SSSR count). The molecule has 1 saturated heterocycles. The number of Topliss-reactive ketones (excluding diaryl/α,β-unsaturated/α-hetero) is 1. The molecular formula is C26H24N2O8S. The lowest BCUT2D eigenvalue weighted by atomic mass is 9.94. The molecule has 2 heterocycles. The minimum atomic E-state index is -1.15. The van der Waals surface area contributed by atoms with Crippen LogP contribution in [0.2, 0.25) is 0 Å². The highest BCUT2D eigenvalue weighted by molar-refractivity contribution is 7.17. The maximum atomic E-state index is 13.5. The number of esters is 1. The quantitative estimate of drug-likeness (QED) is 0.212. The van der Waals surface area contributed by atoms with E-state index in [4.69, 9.17) is 18.9 Å². The maximum absolute atomic E-state index is 13.5. The van der Waals surface area contributed by atoms with Gasteiger partial charge in [0.25, 0.3) is 5.78 Å². The number of nitrogens with zero attached hydrogens (tertiary/aromatic N) is 2. The number of aryl methyl sites for hydroxylation is 1. The van der Waals surface area contributed by atoms with Gasteiger partial charge in [0.1, 0.15) is 22.4 Å². The van der Waals surface area contributed by atoms with Crippen molar-refractivity contribution in [3.05, 3.63) is 69.7 Å². The van der Waals surface area contributed by atoms with Crippen molar-refractivity contribution in [2.45, 2.75) is 13.0 Å². The Morgan fingerprint density at radius 2 is 1.76 bits per heavy atom. The van der Waals surface area contributed by atoms with E-state index >= 15 is 0 Å². The van der Waals surface area contributed by atoms with Crippen LogP contribution >= 0.6 is 11.3 Å². The molecule has 0 unspecified atom stereocenters. The SMILES string of the molecule is COC(=O)c1sc(N2C(=O)C(=O)/C(=C(/O)c3cccc(OC)c3)[C@@H]2c2cccc(OC)c2OC)nc1C. The summed E-state index contributed by atoms with van der Waals surface area (Å²) in [6.45, 7) is 1.60. The molecule has 0 bridgehead atoms. The Bertz CT molecular complexity index is 1430. The number of methoxy groups -OCH3 is 4. The van der Waals surface area contributed by atoms with Crippen LogP contribution in [0, 0.1) is 6.92 Å². The summed E-state index contributed by atoms with van der Waals surface area (Å²) in [7, 11) is 5.60. The molecule has 1 aromatic heterocycles. The average Bonchev–Trinajstić information content (AvgIpc) is 3.43. The number of hydrogen-bond acceptors (Lipinski definition) is 10. The van der Waals surface area contributed by atoms with Gasteiger partial charge in [0.05, 0.1) is 39.7 Å². The van der Waals surface area contributed by atoms with Crippen molar-refractivity contribution in [1.29, 1.82) is 0 Å². The van der Waals surface area contributed by atoms with Crippen LogP contribution in [0.1, 0.15) is 32.5 Å². The van der Waals surface area contributed by atoms with Crippen molar-refractivity contribution < 1.29 is 38.4 Å². The van der Waals surface area contributed by atoms with E-state index in [-0.39, 0.29) is 26.9 Å². The van der Waals surface area contributed by atoms with E-state index in [9.17, 15) is 19.5 Å². The Hall–Kier alpha value is -4.38. The number of ketones is 1. The van der Waals surface area contributed by atoms with E-state index in [1.54, 1.807) is 49.4 Å². The van der Waals surface area contributed by atoms with E-state index in [1.807, 2.05) is 0 Å². The van der Waals surface area contributed by atoms with Gasteiger partial charge >= 0.3 is 11.9 Å². The first kappa shape index (κ1) is 25.7. The lowest BCUT2D eigenvalue weighted by molar-refractivity contribution is -0.132. The molecule has 1 atom stereocenters. The summed E-state index contributed by atoms with van der Waals surface area (Å²) >= 11 is 0.904. The summed E-state index contributed by atoms with van der Waals surface area (Å²) in [5, 5.41) is 11.4. The summed E-state index contributed by atoms with van der Waals surface area (Å²) in [5.74, 6) is -1.81. The molecule has 11 heteroatoms. The van der Waals surface area contributed by atoms with Gasteiger partial charge < -0.3 is 24.1 Å². The van der Waals surface area contributed by atoms with Crippen molar-refractivity contribution in [2.75, 3.05) is 33.3 Å². The smallest absolute Gasteiger partial charge is 0.350 e. The van der Waals surface area contributed by atoms with E-state index < -0.39 is 29.5 Å². The third-order valence-corrected chi connectivity index (χ3v) is 7.01. The normalized spacial score (nSPS) is 16.6. The second-order valence-corrected chi connectivity index (χ2v) is 8.86. The summed E-state index contributed by atoms with van der Waals surface area (Å²) in [6, 6.07) is 10.3. The molecule has 37 heavy (non-hydrogen) atoms. The summed E-state index contributed by atoms with van der Waals surface area (Å²) in [5.41, 5.74) is 0.794. The van der Waals surface area contributed by atoms with Gasteiger partial charge in [0, 0.05) is 11.1 Å². The van der Waals surface area contributed by atoms with Gasteiger partial charge in [-0.15, -0.1) is 0 Å². The Labute approximate surface area is 216 Å². The predicted octanol–water partition coefficient (Wildman–Crippen LogP) is 3.89. The number of carbonyl (C=O) groups is 3. The number of aliphatic hydroxyl groups excluding tert-OH is 1. The fourth-order valence-electron chi connectivity index (χ4n) is 4.14. The van der Waals surface area contributed by atoms with Gasteiger partial charge in [-0.2, -0.15) is 0 Å². The van der Waals surface area contributed by atoms with Crippen molar-refractivity contribution in [2.24, 2.45) is 0 Å².